The molecular weight excluding hydrogens is 331 g/mol. The molecule has 0 aliphatic carbocycles. The molecule has 4 aromatic rings. The molecule has 0 fully saturated rings. The summed E-state index contributed by atoms with van der Waals surface area (Å²) in [6, 6.07) is 32.9. The quantitative estimate of drug-likeness (QED) is 0.352. The van der Waals surface area contributed by atoms with Crippen molar-refractivity contribution in [1.29, 1.82) is 0 Å². The first-order valence-corrected chi connectivity index (χ1v) is 9.80. The van der Waals surface area contributed by atoms with Crippen LogP contribution in [-0.4, -0.2) is 0 Å². The predicted molar refractivity (Wildman–Crippen MR) is 115 cm³/mol. The predicted octanol–water partition coefficient (Wildman–Crippen LogP) is 7.88. The van der Waals surface area contributed by atoms with Gasteiger partial charge in [-0.1, -0.05) is 98.2 Å². The highest BCUT2D eigenvalue weighted by Crippen LogP contribution is 2.41. The molecule has 0 radical (unpaired) electrons. The maximum atomic E-state index is 2.34. The van der Waals surface area contributed by atoms with E-state index in [9.17, 15) is 0 Å². The van der Waals surface area contributed by atoms with Crippen LogP contribution >= 0.6 is 8.19 Å². The highest BCUT2D eigenvalue weighted by Gasteiger charge is 2.08. The highest BCUT2D eigenvalue weighted by atomic mass is 31.0. The Morgan fingerprint density at radius 2 is 0.962 bits per heavy atom. The van der Waals surface area contributed by atoms with Gasteiger partial charge < -0.3 is 0 Å². The van der Waals surface area contributed by atoms with Gasteiger partial charge in [0.25, 0.3) is 0 Å². The maximum absolute atomic E-state index is 2.34. The molecule has 0 amide bonds. The number of rotatable bonds is 3. The molecule has 0 bridgehead atoms. The molecule has 1 heterocycles. The molecule has 0 saturated carbocycles. The number of hydrogen-bond acceptors (Lipinski definition) is 0. The van der Waals surface area contributed by atoms with E-state index >= 15 is 0 Å². The Balaban J connectivity index is 1.93. The molecule has 0 spiro atoms. The van der Waals surface area contributed by atoms with Crippen LogP contribution in [0.4, 0.5) is 0 Å². The molecular formula is C25H21P. The zero-order chi connectivity index (χ0) is 17.9. The van der Waals surface area contributed by atoms with E-state index in [4.69, 9.17) is 0 Å². The second-order valence-corrected chi connectivity index (χ2v) is 7.92. The summed E-state index contributed by atoms with van der Waals surface area (Å²) in [6.07, 6.45) is 0. The van der Waals surface area contributed by atoms with Gasteiger partial charge in [0.2, 0.25) is 0 Å². The highest BCUT2D eigenvalue weighted by molar-refractivity contribution is 7.37. The first-order valence-electron chi connectivity index (χ1n) is 8.91. The van der Waals surface area contributed by atoms with E-state index in [0.29, 0.717) is 0 Å². The normalized spacial score (nSPS) is 10.7. The second kappa shape index (κ2) is 7.28. The van der Waals surface area contributed by atoms with Gasteiger partial charge in [0, 0.05) is 10.6 Å². The van der Waals surface area contributed by atoms with Gasteiger partial charge >= 0.3 is 0 Å². The largest absolute Gasteiger partial charge is 0.0622 e. The Labute approximate surface area is 157 Å². The fraction of sp³-hybridized carbons (Fsp3) is 0.0800. The molecule has 0 unspecified atom stereocenters. The minimum atomic E-state index is 1.26. The molecule has 0 nitrogen and oxygen atoms in total. The number of aryl methyl sites for hydroxylation is 2. The first kappa shape index (κ1) is 16.8. The summed E-state index contributed by atoms with van der Waals surface area (Å²) in [4.78, 5) is 0. The third kappa shape index (κ3) is 3.62. The van der Waals surface area contributed by atoms with Gasteiger partial charge in [-0.3, -0.25) is 0 Å². The van der Waals surface area contributed by atoms with Crippen molar-refractivity contribution in [3.8, 4) is 32.8 Å². The van der Waals surface area contributed by atoms with Crippen molar-refractivity contribution in [1.82, 2.24) is 0 Å². The van der Waals surface area contributed by atoms with E-state index in [1.807, 2.05) is 0 Å². The fourth-order valence-corrected chi connectivity index (χ4v) is 4.44. The third-order valence-corrected chi connectivity index (χ3v) is 5.82. The van der Waals surface area contributed by atoms with Crippen LogP contribution in [0.5, 0.6) is 0 Å². The monoisotopic (exact) mass is 352 g/mol. The summed E-state index contributed by atoms with van der Waals surface area (Å²) in [6.45, 7) is 4.31. The SMILES string of the molecule is Cc1cccc(-c2cc(-c3ccccc3)cc(-c3cccc(C)c3)p2)c1. The van der Waals surface area contributed by atoms with Crippen molar-refractivity contribution >= 4 is 8.19 Å². The lowest BCUT2D eigenvalue weighted by Gasteiger charge is -2.11. The molecule has 0 saturated heterocycles. The molecule has 0 aliphatic heterocycles. The number of hydrogen-bond donors (Lipinski definition) is 0. The van der Waals surface area contributed by atoms with Crippen molar-refractivity contribution in [3.63, 3.8) is 0 Å². The lowest BCUT2D eigenvalue weighted by molar-refractivity contribution is 1.47. The van der Waals surface area contributed by atoms with Crippen LogP contribution in [0.25, 0.3) is 32.8 Å². The maximum Gasteiger partial charge on any atom is 0.0102 e. The lowest BCUT2D eigenvalue weighted by atomic mass is 10.0. The van der Waals surface area contributed by atoms with Crippen molar-refractivity contribution in [2.75, 3.05) is 0 Å². The van der Waals surface area contributed by atoms with Gasteiger partial charge in [0.05, 0.1) is 0 Å². The van der Waals surface area contributed by atoms with Gasteiger partial charge in [-0.25, -0.2) is 0 Å². The minimum Gasteiger partial charge on any atom is -0.0622 e. The van der Waals surface area contributed by atoms with E-state index in [1.165, 1.54) is 52.2 Å². The molecule has 1 aromatic heterocycles. The lowest BCUT2D eigenvalue weighted by Crippen LogP contribution is -1.83. The molecule has 1 heteroatoms. The van der Waals surface area contributed by atoms with Crippen molar-refractivity contribution in [2.24, 2.45) is 0 Å². The number of benzene rings is 3. The van der Waals surface area contributed by atoms with Gasteiger partial charge in [-0.05, 0) is 48.2 Å². The van der Waals surface area contributed by atoms with Gasteiger partial charge in [-0.2, -0.15) is 0 Å². The van der Waals surface area contributed by atoms with Crippen molar-refractivity contribution in [2.45, 2.75) is 13.8 Å². The second-order valence-electron chi connectivity index (χ2n) is 6.73. The standard InChI is InChI=1S/C25H21P/c1-18-8-6-12-21(14-18)24-16-23(20-10-4-3-5-11-20)17-25(26-24)22-13-7-9-19(2)15-22/h3-17H,1-2H3. The van der Waals surface area contributed by atoms with Crippen LogP contribution in [0.3, 0.4) is 0 Å². The van der Waals surface area contributed by atoms with E-state index in [-0.39, 0.29) is 0 Å². The summed E-state index contributed by atoms with van der Waals surface area (Å²) < 4.78 is 0. The van der Waals surface area contributed by atoms with Gasteiger partial charge in [0.1, 0.15) is 0 Å². The van der Waals surface area contributed by atoms with Crippen LogP contribution in [0.1, 0.15) is 11.1 Å². The van der Waals surface area contributed by atoms with Crippen molar-refractivity contribution < 1.29 is 0 Å². The smallest absolute Gasteiger partial charge is 0.0102 e. The molecule has 3 aromatic carbocycles. The van der Waals surface area contributed by atoms with Crippen LogP contribution in [0.2, 0.25) is 0 Å². The van der Waals surface area contributed by atoms with Crippen LogP contribution < -0.4 is 0 Å². The summed E-state index contributed by atoms with van der Waals surface area (Å²) in [7, 11) is 1.26. The van der Waals surface area contributed by atoms with E-state index in [1.54, 1.807) is 0 Å². The Bertz CT molecular complexity index is 985. The molecule has 26 heavy (non-hydrogen) atoms. The summed E-state index contributed by atoms with van der Waals surface area (Å²) in [5.74, 6) is 0. The Morgan fingerprint density at radius 1 is 0.462 bits per heavy atom. The molecule has 126 valence electrons. The Morgan fingerprint density at radius 3 is 1.46 bits per heavy atom. The van der Waals surface area contributed by atoms with Crippen molar-refractivity contribution in [3.05, 3.63) is 102 Å². The first-order chi connectivity index (χ1) is 12.7. The zero-order valence-corrected chi connectivity index (χ0v) is 16.0. The van der Waals surface area contributed by atoms with Crippen LogP contribution in [0.15, 0.2) is 91.0 Å². The average Bonchev–Trinajstić information content (AvgIpc) is 2.68. The molecule has 0 atom stereocenters. The van der Waals surface area contributed by atoms with Crippen LogP contribution in [0, 0.1) is 13.8 Å². The summed E-state index contributed by atoms with van der Waals surface area (Å²) in [5.41, 5.74) is 7.74. The Kier molecular flexibility index (Phi) is 4.69. The van der Waals surface area contributed by atoms with Gasteiger partial charge in [0.15, 0.2) is 0 Å². The van der Waals surface area contributed by atoms with Gasteiger partial charge in [-0.15, -0.1) is 0 Å². The molecule has 0 aliphatic rings. The fourth-order valence-electron chi connectivity index (χ4n) is 3.23. The van der Waals surface area contributed by atoms with Crippen LogP contribution in [-0.2, 0) is 0 Å². The minimum absolute atomic E-state index is 1.26. The topological polar surface area (TPSA) is 0 Å². The van der Waals surface area contributed by atoms with E-state index in [2.05, 4.69) is 105 Å². The van der Waals surface area contributed by atoms with E-state index < -0.39 is 0 Å². The Hall–Kier alpha value is -2.69. The summed E-state index contributed by atoms with van der Waals surface area (Å²) in [5, 5.41) is 2.71. The summed E-state index contributed by atoms with van der Waals surface area (Å²) >= 11 is 0. The van der Waals surface area contributed by atoms with E-state index in [0.717, 1.165) is 0 Å². The average molecular weight is 352 g/mol. The third-order valence-electron chi connectivity index (χ3n) is 4.56. The molecule has 4 rings (SSSR count). The molecule has 0 N–H and O–H groups in total. The zero-order valence-electron chi connectivity index (χ0n) is 15.1.